The molecule has 1 N–H and O–H groups in total. The highest BCUT2D eigenvalue weighted by atomic mass is 19.4. The number of carbonyl (C=O) groups excluding carboxylic acids is 2. The number of nitrogens with one attached hydrogen (secondary N) is 1. The summed E-state index contributed by atoms with van der Waals surface area (Å²) >= 11 is 0. The molecule has 190 valence electrons. The second-order valence-corrected chi connectivity index (χ2v) is 9.45. The average Bonchev–Trinajstić information content (AvgIpc) is 3.37. The SMILES string of the molecule is CC(c1nc(-c2cccc(C(F)(F)F)c2)no1)N1CCN(CCCN2C(=O)NC(C)(C)C2=O)CC1. The van der Waals surface area contributed by atoms with E-state index in [4.69, 9.17) is 4.52 Å². The summed E-state index contributed by atoms with van der Waals surface area (Å²) in [6, 6.07) is 4.33. The average molecular weight is 495 g/mol. The summed E-state index contributed by atoms with van der Waals surface area (Å²) in [6.07, 6.45) is -3.75. The van der Waals surface area contributed by atoms with Gasteiger partial charge in [0.1, 0.15) is 5.54 Å². The monoisotopic (exact) mass is 494 g/mol. The topological polar surface area (TPSA) is 94.8 Å². The molecule has 1 unspecified atom stereocenters. The Labute approximate surface area is 201 Å². The zero-order valence-corrected chi connectivity index (χ0v) is 19.9. The fourth-order valence-electron chi connectivity index (χ4n) is 4.36. The lowest BCUT2D eigenvalue weighted by Gasteiger charge is -2.36. The molecule has 2 fully saturated rings. The van der Waals surface area contributed by atoms with Crippen LogP contribution in [0.4, 0.5) is 18.0 Å². The van der Waals surface area contributed by atoms with Crippen LogP contribution in [0.15, 0.2) is 28.8 Å². The van der Waals surface area contributed by atoms with Gasteiger partial charge in [0.25, 0.3) is 5.91 Å². The fraction of sp³-hybridized carbons (Fsp3) is 0.565. The molecule has 0 radical (unpaired) electrons. The van der Waals surface area contributed by atoms with Crippen LogP contribution in [-0.2, 0) is 11.0 Å². The number of urea groups is 1. The maximum absolute atomic E-state index is 13.0. The Morgan fingerprint density at radius 1 is 1.14 bits per heavy atom. The zero-order chi connectivity index (χ0) is 25.4. The van der Waals surface area contributed by atoms with Gasteiger partial charge in [-0.3, -0.25) is 14.6 Å². The Balaban J connectivity index is 1.27. The molecule has 0 spiro atoms. The van der Waals surface area contributed by atoms with Crippen molar-refractivity contribution in [3.63, 3.8) is 0 Å². The number of nitrogens with zero attached hydrogens (tertiary/aromatic N) is 5. The minimum Gasteiger partial charge on any atom is -0.337 e. The summed E-state index contributed by atoms with van der Waals surface area (Å²) < 4.78 is 44.4. The summed E-state index contributed by atoms with van der Waals surface area (Å²) in [5, 5.41) is 6.57. The molecule has 1 aromatic heterocycles. The van der Waals surface area contributed by atoms with Crippen molar-refractivity contribution in [1.29, 1.82) is 0 Å². The fourth-order valence-corrected chi connectivity index (χ4v) is 4.36. The molecule has 0 aliphatic carbocycles. The molecule has 0 saturated carbocycles. The summed E-state index contributed by atoms with van der Waals surface area (Å²) in [5.41, 5.74) is -1.36. The third-order valence-electron chi connectivity index (χ3n) is 6.50. The molecule has 35 heavy (non-hydrogen) atoms. The Morgan fingerprint density at radius 3 is 2.49 bits per heavy atom. The maximum atomic E-state index is 13.0. The smallest absolute Gasteiger partial charge is 0.337 e. The van der Waals surface area contributed by atoms with E-state index in [0.717, 1.165) is 44.9 Å². The maximum Gasteiger partial charge on any atom is 0.416 e. The highest BCUT2D eigenvalue weighted by molar-refractivity contribution is 6.06. The minimum atomic E-state index is -4.44. The molecule has 4 rings (SSSR count). The number of halogens is 3. The first-order valence-electron chi connectivity index (χ1n) is 11.6. The summed E-state index contributed by atoms with van der Waals surface area (Å²) in [5.74, 6) is 0.275. The molecular weight excluding hydrogens is 465 g/mol. The van der Waals surface area contributed by atoms with Crippen LogP contribution in [0.3, 0.4) is 0 Å². The van der Waals surface area contributed by atoms with Gasteiger partial charge in [0.2, 0.25) is 11.7 Å². The first kappa shape index (κ1) is 25.1. The largest absolute Gasteiger partial charge is 0.416 e. The normalized spacial score (nSPS) is 20.3. The van der Waals surface area contributed by atoms with Crippen molar-refractivity contribution in [3.8, 4) is 11.4 Å². The van der Waals surface area contributed by atoms with Crippen molar-refractivity contribution in [2.45, 2.75) is 44.9 Å². The van der Waals surface area contributed by atoms with Gasteiger partial charge >= 0.3 is 12.2 Å². The lowest BCUT2D eigenvalue weighted by atomic mass is 10.1. The van der Waals surface area contributed by atoms with Crippen molar-refractivity contribution < 1.29 is 27.3 Å². The van der Waals surface area contributed by atoms with E-state index < -0.39 is 17.3 Å². The molecule has 9 nitrogen and oxygen atoms in total. The van der Waals surface area contributed by atoms with Crippen LogP contribution in [-0.4, -0.2) is 81.6 Å². The number of benzene rings is 1. The van der Waals surface area contributed by atoms with E-state index in [0.29, 0.717) is 18.9 Å². The number of alkyl halides is 3. The van der Waals surface area contributed by atoms with Crippen LogP contribution in [0.25, 0.3) is 11.4 Å². The Kier molecular flexibility index (Phi) is 6.87. The van der Waals surface area contributed by atoms with Crippen LogP contribution in [0.5, 0.6) is 0 Å². The van der Waals surface area contributed by atoms with Crippen molar-refractivity contribution in [3.05, 3.63) is 35.7 Å². The molecule has 3 amide bonds. The second kappa shape index (κ2) is 9.57. The summed E-state index contributed by atoms with van der Waals surface area (Å²) in [7, 11) is 0. The lowest BCUT2D eigenvalue weighted by molar-refractivity contribution is -0.137. The molecule has 3 heterocycles. The van der Waals surface area contributed by atoms with Crippen molar-refractivity contribution in [2.24, 2.45) is 0 Å². The van der Waals surface area contributed by atoms with E-state index >= 15 is 0 Å². The van der Waals surface area contributed by atoms with Gasteiger partial charge in [0, 0.05) is 38.3 Å². The van der Waals surface area contributed by atoms with Gasteiger partial charge in [-0.25, -0.2) is 4.79 Å². The van der Waals surface area contributed by atoms with Crippen LogP contribution < -0.4 is 5.32 Å². The van der Waals surface area contributed by atoms with E-state index in [2.05, 4.69) is 25.3 Å². The predicted octanol–water partition coefficient (Wildman–Crippen LogP) is 3.15. The predicted molar refractivity (Wildman–Crippen MR) is 120 cm³/mol. The van der Waals surface area contributed by atoms with Gasteiger partial charge in [-0.05, 0) is 45.9 Å². The second-order valence-electron chi connectivity index (χ2n) is 9.45. The van der Waals surface area contributed by atoms with Crippen LogP contribution in [0.1, 0.15) is 44.7 Å². The van der Waals surface area contributed by atoms with Gasteiger partial charge in [0.05, 0.1) is 11.6 Å². The van der Waals surface area contributed by atoms with Gasteiger partial charge in [-0.1, -0.05) is 17.3 Å². The highest BCUT2D eigenvalue weighted by Gasteiger charge is 2.43. The van der Waals surface area contributed by atoms with Gasteiger partial charge in [0.15, 0.2) is 0 Å². The number of carbonyl (C=O) groups is 2. The molecule has 12 heteroatoms. The summed E-state index contributed by atoms with van der Waals surface area (Å²) in [4.78, 5) is 34.3. The Bertz CT molecular complexity index is 1080. The van der Waals surface area contributed by atoms with Crippen LogP contribution in [0.2, 0.25) is 0 Å². The Morgan fingerprint density at radius 2 is 1.86 bits per heavy atom. The highest BCUT2D eigenvalue weighted by Crippen LogP contribution is 2.32. The minimum absolute atomic E-state index is 0.125. The number of aromatic nitrogens is 2. The van der Waals surface area contributed by atoms with E-state index in [1.807, 2.05) is 6.92 Å². The molecule has 2 aliphatic heterocycles. The number of hydrogen-bond acceptors (Lipinski definition) is 7. The molecule has 2 aromatic rings. The van der Waals surface area contributed by atoms with Crippen LogP contribution >= 0.6 is 0 Å². The van der Waals surface area contributed by atoms with Gasteiger partial charge in [-0.15, -0.1) is 0 Å². The number of amides is 3. The lowest BCUT2D eigenvalue weighted by Crippen LogP contribution is -2.47. The molecule has 2 aliphatic rings. The quantitative estimate of drug-likeness (QED) is 0.591. The van der Waals surface area contributed by atoms with E-state index in [-0.39, 0.29) is 29.4 Å². The molecule has 0 bridgehead atoms. The van der Waals surface area contributed by atoms with E-state index in [1.54, 1.807) is 13.8 Å². The number of piperazine rings is 1. The van der Waals surface area contributed by atoms with Crippen molar-refractivity contribution in [2.75, 3.05) is 39.3 Å². The first-order chi connectivity index (χ1) is 16.5. The van der Waals surface area contributed by atoms with Gasteiger partial charge < -0.3 is 14.7 Å². The molecule has 1 atom stereocenters. The molecule has 1 aromatic carbocycles. The first-order valence-corrected chi connectivity index (χ1v) is 11.6. The summed E-state index contributed by atoms with van der Waals surface area (Å²) in [6.45, 7) is 9.55. The van der Waals surface area contributed by atoms with Crippen molar-refractivity contribution in [1.82, 2.24) is 30.2 Å². The molecular formula is C23H29F3N6O3. The van der Waals surface area contributed by atoms with Gasteiger partial charge in [-0.2, -0.15) is 18.2 Å². The zero-order valence-electron chi connectivity index (χ0n) is 19.9. The van der Waals surface area contributed by atoms with E-state index in [9.17, 15) is 22.8 Å². The Hall–Kier alpha value is -2.99. The standard InChI is InChI=1S/C23H29F3N6O3/c1-15(19-27-18(29-35-19)16-6-4-7-17(14-16)23(24,25)26)31-12-10-30(11-13-31)8-5-9-32-20(33)22(2,3)28-21(32)34/h4,6-7,14-15H,5,8-13H2,1-3H3,(H,28,34). The molecule has 2 saturated heterocycles. The van der Waals surface area contributed by atoms with E-state index in [1.165, 1.54) is 17.0 Å². The van der Waals surface area contributed by atoms with Crippen molar-refractivity contribution >= 4 is 11.9 Å². The number of hydrogen-bond donors (Lipinski definition) is 1. The third-order valence-corrected chi connectivity index (χ3v) is 6.50. The third kappa shape index (κ3) is 5.48. The number of imide groups is 1. The van der Waals surface area contributed by atoms with Crippen LogP contribution in [0, 0.1) is 0 Å². The number of rotatable bonds is 7.